The molecule has 7 heteroatoms. The number of carbonyl (C=O) groups is 1. The van der Waals surface area contributed by atoms with Gasteiger partial charge < -0.3 is 9.84 Å². The van der Waals surface area contributed by atoms with Crippen molar-refractivity contribution in [3.63, 3.8) is 0 Å². The zero-order valence-electron chi connectivity index (χ0n) is 13.4. The minimum Gasteiger partial charge on any atom is -0.352 e. The van der Waals surface area contributed by atoms with E-state index in [1.54, 1.807) is 0 Å². The Balaban J connectivity index is 1.57. The van der Waals surface area contributed by atoms with E-state index in [-0.39, 0.29) is 12.1 Å². The molecule has 3 aromatic rings. The summed E-state index contributed by atoms with van der Waals surface area (Å²) in [5.41, 5.74) is 1.98. The minimum atomic E-state index is -1.06. The molecule has 0 radical (unpaired) electrons. The fraction of sp³-hybridized carbons (Fsp3) is 0.167. The summed E-state index contributed by atoms with van der Waals surface area (Å²) >= 11 is 0. The zero-order valence-corrected chi connectivity index (χ0v) is 13.4. The summed E-state index contributed by atoms with van der Waals surface area (Å²) in [7, 11) is 0. The van der Waals surface area contributed by atoms with Crippen LogP contribution in [0.3, 0.4) is 0 Å². The van der Waals surface area contributed by atoms with Gasteiger partial charge in [-0.05, 0) is 31.2 Å². The lowest BCUT2D eigenvalue weighted by atomic mass is 10.1. The van der Waals surface area contributed by atoms with Crippen LogP contribution in [0.4, 0.5) is 8.78 Å². The van der Waals surface area contributed by atoms with E-state index in [4.69, 9.17) is 4.52 Å². The number of aryl methyl sites for hydroxylation is 1. The molecule has 0 unspecified atom stereocenters. The van der Waals surface area contributed by atoms with Crippen LogP contribution < -0.4 is 5.32 Å². The number of hydrogen-bond acceptors (Lipinski definition) is 4. The number of halogens is 2. The van der Waals surface area contributed by atoms with E-state index >= 15 is 0 Å². The summed E-state index contributed by atoms with van der Waals surface area (Å²) < 4.78 is 31.2. The highest BCUT2D eigenvalue weighted by atomic mass is 19.2. The first-order valence-corrected chi connectivity index (χ1v) is 7.66. The lowest BCUT2D eigenvalue weighted by molar-refractivity contribution is 0.0953. The Labute approximate surface area is 142 Å². The number of nitrogens with one attached hydrogen (secondary N) is 1. The molecule has 0 saturated carbocycles. The molecular formula is C18H15F2N3O2. The van der Waals surface area contributed by atoms with E-state index in [2.05, 4.69) is 15.5 Å². The van der Waals surface area contributed by atoms with Crippen LogP contribution >= 0.6 is 0 Å². The van der Waals surface area contributed by atoms with Gasteiger partial charge in [-0.25, -0.2) is 8.78 Å². The van der Waals surface area contributed by atoms with Crippen molar-refractivity contribution in [1.82, 2.24) is 15.5 Å². The third-order valence-corrected chi connectivity index (χ3v) is 3.55. The fourth-order valence-electron chi connectivity index (χ4n) is 2.28. The van der Waals surface area contributed by atoms with Crippen LogP contribution in [0.2, 0.25) is 0 Å². The van der Waals surface area contributed by atoms with Crippen molar-refractivity contribution in [1.29, 1.82) is 0 Å². The van der Waals surface area contributed by atoms with Crippen LogP contribution in [0.15, 0.2) is 47.0 Å². The molecule has 3 rings (SSSR count). The number of amides is 1. The van der Waals surface area contributed by atoms with Gasteiger partial charge in [0, 0.05) is 24.1 Å². The van der Waals surface area contributed by atoms with Gasteiger partial charge in [0.2, 0.25) is 11.7 Å². The molecular weight excluding hydrogens is 328 g/mol. The Morgan fingerprint density at radius 2 is 2.00 bits per heavy atom. The maximum Gasteiger partial charge on any atom is 0.251 e. The molecule has 0 aliphatic rings. The van der Waals surface area contributed by atoms with Gasteiger partial charge in [-0.1, -0.05) is 28.9 Å². The molecule has 128 valence electrons. The van der Waals surface area contributed by atoms with Gasteiger partial charge in [-0.15, -0.1) is 0 Å². The van der Waals surface area contributed by atoms with E-state index in [0.717, 1.165) is 23.3 Å². The van der Waals surface area contributed by atoms with Crippen molar-refractivity contribution in [2.45, 2.75) is 13.3 Å². The maximum absolute atomic E-state index is 13.1. The van der Waals surface area contributed by atoms with Crippen LogP contribution in [-0.4, -0.2) is 22.6 Å². The van der Waals surface area contributed by atoms with E-state index < -0.39 is 17.5 Å². The molecule has 25 heavy (non-hydrogen) atoms. The first kappa shape index (κ1) is 16.8. The molecule has 0 atom stereocenters. The first-order chi connectivity index (χ1) is 12.0. The molecule has 1 aromatic heterocycles. The largest absolute Gasteiger partial charge is 0.352 e. The Hall–Kier alpha value is -3.09. The molecule has 2 aromatic carbocycles. The molecule has 0 fully saturated rings. The number of aromatic nitrogens is 2. The molecule has 5 nitrogen and oxygen atoms in total. The van der Waals surface area contributed by atoms with Crippen molar-refractivity contribution in [3.8, 4) is 11.4 Å². The fourth-order valence-corrected chi connectivity index (χ4v) is 2.28. The Morgan fingerprint density at radius 3 is 2.76 bits per heavy atom. The summed E-state index contributed by atoms with van der Waals surface area (Å²) in [5.74, 6) is -1.71. The van der Waals surface area contributed by atoms with E-state index in [0.29, 0.717) is 18.1 Å². The molecule has 0 saturated heterocycles. The molecule has 0 bridgehead atoms. The second-order valence-corrected chi connectivity index (χ2v) is 5.52. The molecule has 0 spiro atoms. The van der Waals surface area contributed by atoms with Gasteiger partial charge in [-0.2, -0.15) is 4.98 Å². The molecule has 1 N–H and O–H groups in total. The molecule has 0 aliphatic heterocycles. The van der Waals surface area contributed by atoms with Gasteiger partial charge in [0.05, 0.1) is 0 Å². The number of rotatable bonds is 5. The Kier molecular flexibility index (Phi) is 4.83. The van der Waals surface area contributed by atoms with Gasteiger partial charge in [-0.3, -0.25) is 4.79 Å². The van der Waals surface area contributed by atoms with Crippen molar-refractivity contribution in [2.75, 3.05) is 6.54 Å². The van der Waals surface area contributed by atoms with Gasteiger partial charge >= 0.3 is 0 Å². The van der Waals surface area contributed by atoms with Crippen molar-refractivity contribution in [3.05, 3.63) is 71.1 Å². The summed E-state index contributed by atoms with van der Waals surface area (Å²) in [6.07, 6.45) is 0.328. The number of hydrogen-bond donors (Lipinski definition) is 1. The Bertz CT molecular complexity index is 909. The highest BCUT2D eigenvalue weighted by molar-refractivity contribution is 5.94. The smallest absolute Gasteiger partial charge is 0.251 e. The van der Waals surface area contributed by atoms with Crippen molar-refractivity contribution >= 4 is 5.91 Å². The van der Waals surface area contributed by atoms with Crippen LogP contribution in [0.5, 0.6) is 0 Å². The normalized spacial score (nSPS) is 10.7. The average molecular weight is 343 g/mol. The highest BCUT2D eigenvalue weighted by Gasteiger charge is 2.11. The maximum atomic E-state index is 13.1. The van der Waals surface area contributed by atoms with Crippen molar-refractivity contribution in [2.24, 2.45) is 0 Å². The lowest BCUT2D eigenvalue weighted by Gasteiger charge is -2.03. The highest BCUT2D eigenvalue weighted by Crippen LogP contribution is 2.17. The zero-order chi connectivity index (χ0) is 17.8. The predicted octanol–water partition coefficient (Wildman–Crippen LogP) is 3.30. The van der Waals surface area contributed by atoms with Gasteiger partial charge in [0.1, 0.15) is 0 Å². The molecule has 0 aliphatic carbocycles. The topological polar surface area (TPSA) is 68.0 Å². The monoisotopic (exact) mass is 343 g/mol. The minimum absolute atomic E-state index is 0.0462. The quantitative estimate of drug-likeness (QED) is 0.772. The van der Waals surface area contributed by atoms with E-state index in [1.807, 2.05) is 31.2 Å². The SMILES string of the molecule is Cc1cccc(-c2noc(CCNC(=O)c3ccc(F)c(F)c3)n2)c1. The summed E-state index contributed by atoms with van der Waals surface area (Å²) in [4.78, 5) is 16.2. The van der Waals surface area contributed by atoms with Crippen LogP contribution in [0.25, 0.3) is 11.4 Å². The van der Waals surface area contributed by atoms with Gasteiger partial charge in [0.25, 0.3) is 5.91 Å². The van der Waals surface area contributed by atoms with Crippen LogP contribution in [0, 0.1) is 18.6 Å². The Morgan fingerprint density at radius 1 is 1.16 bits per heavy atom. The van der Waals surface area contributed by atoms with Crippen LogP contribution in [-0.2, 0) is 6.42 Å². The average Bonchev–Trinajstić information content (AvgIpc) is 3.06. The summed E-state index contributed by atoms with van der Waals surface area (Å²) in [5, 5.41) is 6.51. The first-order valence-electron chi connectivity index (χ1n) is 7.66. The summed E-state index contributed by atoms with van der Waals surface area (Å²) in [6.45, 7) is 2.20. The summed E-state index contributed by atoms with van der Waals surface area (Å²) in [6, 6.07) is 10.7. The standard InChI is InChI=1S/C18H15F2N3O2/c1-11-3-2-4-12(9-11)17-22-16(25-23-17)7-8-21-18(24)13-5-6-14(19)15(20)10-13/h2-6,9-10H,7-8H2,1H3,(H,21,24). The molecule has 1 heterocycles. The van der Waals surface area contributed by atoms with Crippen molar-refractivity contribution < 1.29 is 18.1 Å². The second-order valence-electron chi connectivity index (χ2n) is 5.52. The van der Waals surface area contributed by atoms with E-state index in [1.165, 1.54) is 6.07 Å². The molecule has 1 amide bonds. The number of nitrogens with zero attached hydrogens (tertiary/aromatic N) is 2. The lowest BCUT2D eigenvalue weighted by Crippen LogP contribution is -2.25. The predicted molar refractivity (Wildman–Crippen MR) is 86.9 cm³/mol. The van der Waals surface area contributed by atoms with Crippen LogP contribution in [0.1, 0.15) is 21.8 Å². The number of carbonyl (C=O) groups excluding carboxylic acids is 1. The third kappa shape index (κ3) is 4.06. The third-order valence-electron chi connectivity index (χ3n) is 3.55. The van der Waals surface area contributed by atoms with E-state index in [9.17, 15) is 13.6 Å². The van der Waals surface area contributed by atoms with Gasteiger partial charge in [0.15, 0.2) is 11.6 Å². The number of benzene rings is 2. The second kappa shape index (κ2) is 7.21.